The molecule has 1 aliphatic heterocycles. The topological polar surface area (TPSA) is 85.9 Å². The van der Waals surface area contributed by atoms with E-state index in [9.17, 15) is 8.42 Å². The molecule has 1 aromatic carbocycles. The highest BCUT2D eigenvalue weighted by atomic mass is 35.5. The third kappa shape index (κ3) is 4.72. The van der Waals surface area contributed by atoms with E-state index in [4.69, 9.17) is 14.2 Å². The highest BCUT2D eigenvalue weighted by Crippen LogP contribution is 2.35. The lowest BCUT2D eigenvalue weighted by molar-refractivity contribution is 0.174. The van der Waals surface area contributed by atoms with Crippen molar-refractivity contribution in [1.82, 2.24) is 10.0 Å². The summed E-state index contributed by atoms with van der Waals surface area (Å²) in [6.07, 6.45) is 0. The molecule has 0 bridgehead atoms. The third-order valence-corrected chi connectivity index (χ3v) is 4.64. The molecule has 1 aromatic rings. The monoisotopic (exact) mass is 352 g/mol. The zero-order valence-corrected chi connectivity index (χ0v) is 14.2. The van der Waals surface area contributed by atoms with Gasteiger partial charge < -0.3 is 19.5 Å². The summed E-state index contributed by atoms with van der Waals surface area (Å²) in [5.41, 5.74) is 0.624. The quantitative estimate of drug-likeness (QED) is 0.668. The molecular formula is C13H21ClN2O5S. The molecule has 0 aromatic heterocycles. The maximum atomic E-state index is 12.3. The van der Waals surface area contributed by atoms with Gasteiger partial charge in [-0.3, -0.25) is 0 Å². The van der Waals surface area contributed by atoms with E-state index >= 15 is 0 Å². The van der Waals surface area contributed by atoms with Crippen LogP contribution in [0.5, 0.6) is 11.5 Å². The summed E-state index contributed by atoms with van der Waals surface area (Å²) in [7, 11) is -1.94. The fraction of sp³-hybridized carbons (Fsp3) is 0.538. The predicted molar refractivity (Wildman–Crippen MR) is 84.5 cm³/mol. The number of ether oxygens (including phenoxy) is 3. The van der Waals surface area contributed by atoms with Crippen LogP contribution in [-0.2, 0) is 14.8 Å². The Morgan fingerprint density at radius 3 is 2.55 bits per heavy atom. The highest BCUT2D eigenvalue weighted by molar-refractivity contribution is 7.89. The molecular weight excluding hydrogens is 332 g/mol. The third-order valence-electron chi connectivity index (χ3n) is 3.04. The number of nitrogens with one attached hydrogen (secondary N) is 2. The van der Waals surface area contributed by atoms with Gasteiger partial charge >= 0.3 is 0 Å². The fourth-order valence-electron chi connectivity index (χ4n) is 1.97. The summed E-state index contributed by atoms with van der Waals surface area (Å²) in [4.78, 5) is 0.212. The van der Waals surface area contributed by atoms with Crippen LogP contribution in [0.15, 0.2) is 17.0 Å². The normalized spacial score (nSPS) is 13.0. The zero-order chi connectivity index (χ0) is 15.3. The van der Waals surface area contributed by atoms with E-state index in [-0.39, 0.29) is 24.1 Å². The van der Waals surface area contributed by atoms with Gasteiger partial charge in [-0.15, -0.1) is 12.4 Å². The van der Waals surface area contributed by atoms with Crippen molar-refractivity contribution >= 4 is 22.4 Å². The number of methoxy groups -OCH3 is 1. The summed E-state index contributed by atoms with van der Waals surface area (Å²) in [6, 6.07) is 3.17. The molecule has 7 nitrogen and oxygen atoms in total. The van der Waals surface area contributed by atoms with Gasteiger partial charge in [-0.2, -0.15) is 0 Å². The van der Waals surface area contributed by atoms with Crippen LogP contribution in [0.2, 0.25) is 0 Å². The molecule has 0 amide bonds. The molecule has 22 heavy (non-hydrogen) atoms. The molecule has 126 valence electrons. The maximum Gasteiger partial charge on any atom is 0.241 e. The van der Waals surface area contributed by atoms with Crippen LogP contribution in [0.25, 0.3) is 0 Å². The average molecular weight is 353 g/mol. The van der Waals surface area contributed by atoms with Gasteiger partial charge in [0.05, 0.1) is 11.5 Å². The van der Waals surface area contributed by atoms with E-state index in [1.807, 2.05) is 0 Å². The van der Waals surface area contributed by atoms with Crippen LogP contribution in [0.4, 0.5) is 0 Å². The van der Waals surface area contributed by atoms with E-state index in [0.717, 1.165) is 0 Å². The number of aryl methyl sites for hydroxylation is 1. The van der Waals surface area contributed by atoms with Crippen LogP contribution >= 0.6 is 12.4 Å². The van der Waals surface area contributed by atoms with Crippen molar-refractivity contribution in [3.63, 3.8) is 0 Å². The number of hydrogen-bond acceptors (Lipinski definition) is 6. The van der Waals surface area contributed by atoms with Crippen LogP contribution in [0.1, 0.15) is 5.56 Å². The molecule has 0 saturated carbocycles. The lowest BCUT2D eigenvalue weighted by Crippen LogP contribution is -2.33. The highest BCUT2D eigenvalue weighted by Gasteiger charge is 2.22. The van der Waals surface area contributed by atoms with E-state index in [0.29, 0.717) is 43.3 Å². The Hall–Kier alpha value is -1.06. The first-order valence-electron chi connectivity index (χ1n) is 6.64. The molecule has 2 N–H and O–H groups in total. The summed E-state index contributed by atoms with van der Waals surface area (Å²) in [5, 5.41) is 3.07. The molecule has 9 heteroatoms. The Labute approximate surface area is 136 Å². The SMILES string of the molecule is COCCNCCNS(=O)(=O)c1cc2c(cc1C)OCO2.Cl. The number of sulfonamides is 1. The van der Waals surface area contributed by atoms with Crippen molar-refractivity contribution in [2.24, 2.45) is 0 Å². The van der Waals surface area contributed by atoms with Gasteiger partial charge in [0.15, 0.2) is 11.5 Å². The Bertz CT molecular complexity index is 594. The van der Waals surface area contributed by atoms with Crippen LogP contribution in [0, 0.1) is 6.92 Å². The zero-order valence-electron chi connectivity index (χ0n) is 12.5. The standard InChI is InChI=1S/C13H20N2O5S.ClH/c1-10-7-11-12(20-9-19-11)8-13(10)21(16,17)15-4-3-14-5-6-18-2;/h7-8,14-15H,3-6,9H2,1-2H3;1H. The first-order valence-corrected chi connectivity index (χ1v) is 8.12. The first-order chi connectivity index (χ1) is 10.0. The summed E-state index contributed by atoms with van der Waals surface area (Å²) in [6.45, 7) is 3.96. The van der Waals surface area contributed by atoms with Gasteiger partial charge in [0.1, 0.15) is 0 Å². The average Bonchev–Trinajstić information content (AvgIpc) is 2.88. The fourth-order valence-corrected chi connectivity index (χ4v) is 3.24. The first kappa shape index (κ1) is 19.0. The number of benzene rings is 1. The Balaban J connectivity index is 0.00000242. The second kappa shape index (κ2) is 8.54. The summed E-state index contributed by atoms with van der Waals surface area (Å²) >= 11 is 0. The Morgan fingerprint density at radius 1 is 1.18 bits per heavy atom. The van der Waals surface area contributed by atoms with Crippen molar-refractivity contribution in [3.8, 4) is 11.5 Å². The minimum absolute atomic E-state index is 0. The second-order valence-electron chi connectivity index (χ2n) is 4.61. The van der Waals surface area contributed by atoms with Gasteiger partial charge in [0.2, 0.25) is 16.8 Å². The summed E-state index contributed by atoms with van der Waals surface area (Å²) < 4.78 is 42.5. The van der Waals surface area contributed by atoms with Gasteiger partial charge in [0, 0.05) is 32.8 Å². The molecule has 0 aliphatic carbocycles. The Kier molecular flexibility index (Phi) is 7.37. The van der Waals surface area contributed by atoms with Crippen LogP contribution in [-0.4, -0.2) is 48.6 Å². The van der Waals surface area contributed by atoms with Gasteiger partial charge in [-0.1, -0.05) is 0 Å². The molecule has 0 saturated heterocycles. The minimum Gasteiger partial charge on any atom is -0.454 e. The number of hydrogen-bond donors (Lipinski definition) is 2. The molecule has 0 spiro atoms. The largest absolute Gasteiger partial charge is 0.454 e. The summed E-state index contributed by atoms with van der Waals surface area (Å²) in [5.74, 6) is 1.03. The van der Waals surface area contributed by atoms with Gasteiger partial charge in [0.25, 0.3) is 0 Å². The smallest absolute Gasteiger partial charge is 0.241 e. The van der Waals surface area contributed by atoms with E-state index < -0.39 is 10.0 Å². The lowest BCUT2D eigenvalue weighted by atomic mass is 10.2. The van der Waals surface area contributed by atoms with Gasteiger partial charge in [-0.05, 0) is 18.6 Å². The number of rotatable bonds is 8. The van der Waals surface area contributed by atoms with E-state index in [1.54, 1.807) is 20.1 Å². The predicted octanol–water partition coefficient (Wildman–Crippen LogP) is 0.660. The molecule has 0 radical (unpaired) electrons. The van der Waals surface area contributed by atoms with E-state index in [1.165, 1.54) is 6.07 Å². The molecule has 0 atom stereocenters. The molecule has 0 unspecified atom stereocenters. The molecule has 2 rings (SSSR count). The number of halogens is 1. The van der Waals surface area contributed by atoms with Gasteiger partial charge in [-0.25, -0.2) is 13.1 Å². The Morgan fingerprint density at radius 2 is 1.86 bits per heavy atom. The number of fused-ring (bicyclic) bond motifs is 1. The van der Waals surface area contributed by atoms with E-state index in [2.05, 4.69) is 10.0 Å². The molecule has 1 aliphatic rings. The molecule has 1 heterocycles. The lowest BCUT2D eigenvalue weighted by Gasteiger charge is -2.10. The minimum atomic E-state index is -3.56. The van der Waals surface area contributed by atoms with Crippen molar-refractivity contribution in [2.45, 2.75) is 11.8 Å². The van der Waals surface area contributed by atoms with Crippen molar-refractivity contribution in [1.29, 1.82) is 0 Å². The molecule has 0 fully saturated rings. The van der Waals surface area contributed by atoms with Crippen LogP contribution < -0.4 is 19.5 Å². The van der Waals surface area contributed by atoms with Crippen molar-refractivity contribution in [2.75, 3.05) is 40.1 Å². The van der Waals surface area contributed by atoms with Crippen molar-refractivity contribution < 1.29 is 22.6 Å². The maximum absolute atomic E-state index is 12.3. The van der Waals surface area contributed by atoms with Crippen LogP contribution in [0.3, 0.4) is 0 Å². The second-order valence-corrected chi connectivity index (χ2v) is 6.35. The van der Waals surface area contributed by atoms with Crippen molar-refractivity contribution in [3.05, 3.63) is 17.7 Å².